The fraction of sp³-hybridized carbons (Fsp3) is 0.750. The quantitative estimate of drug-likeness (QED) is 0.230. The van der Waals surface area contributed by atoms with Gasteiger partial charge in [-0.2, -0.15) is 0 Å². The molecule has 4 bridgehead atoms. The molecule has 3 amide bonds. The molecule has 220 valence electrons. The van der Waals surface area contributed by atoms with E-state index >= 15 is 0 Å². The highest BCUT2D eigenvalue weighted by atomic mass is 16.8. The summed E-state index contributed by atoms with van der Waals surface area (Å²) >= 11 is 0. The van der Waals surface area contributed by atoms with Gasteiger partial charge in [0.15, 0.2) is 24.0 Å². The van der Waals surface area contributed by atoms with Gasteiger partial charge in [-0.1, -0.05) is 0 Å². The third kappa shape index (κ3) is 2.58. The number of nitrogens with one attached hydrogen (secondary N) is 2. The number of H-pyrrole nitrogens is 1. The van der Waals surface area contributed by atoms with E-state index in [9.17, 15) is 29.4 Å². The van der Waals surface area contributed by atoms with E-state index in [1.807, 2.05) is 5.32 Å². The summed E-state index contributed by atoms with van der Waals surface area (Å²) in [5, 5.41) is 25.1. The first-order valence-electron chi connectivity index (χ1n) is 13.4. The first kappa shape index (κ1) is 24.7. The van der Waals surface area contributed by atoms with E-state index in [1.165, 1.54) is 4.57 Å². The standard InChI is InChI=1S/C24H26N4O13/c1-21(2)37-11-8-5-6-9-12-14(40-22(3,4)38-12)17(36-9)28-20(32)26-18(30)24(33,34)23(6,28)41-10-7(5)27(19(31)25-15(10)29)16(35-8)13(11)39-21/h5-6,8-9,11-14,16-17,33-34H,1-4H3,(H,25,29,31)(H,26,30,32)/t5-,6+,8-,9+,11-,12+,13-,14+,16-,17+,23-/m1/s1. The van der Waals surface area contributed by atoms with Crippen molar-refractivity contribution in [1.82, 2.24) is 19.8 Å². The van der Waals surface area contributed by atoms with E-state index < -0.39 is 113 Å². The van der Waals surface area contributed by atoms with Crippen LogP contribution in [-0.4, -0.2) is 103 Å². The predicted molar refractivity (Wildman–Crippen MR) is 124 cm³/mol. The van der Waals surface area contributed by atoms with Gasteiger partial charge in [0.1, 0.15) is 24.4 Å². The molecule has 11 atom stereocenters. The zero-order valence-corrected chi connectivity index (χ0v) is 22.1. The number of fused-ring (bicyclic) bond motifs is 5. The topological polar surface area (TPSA) is 209 Å². The van der Waals surface area contributed by atoms with Crippen LogP contribution in [0.25, 0.3) is 0 Å². The van der Waals surface area contributed by atoms with Gasteiger partial charge < -0.3 is 43.4 Å². The van der Waals surface area contributed by atoms with Gasteiger partial charge >= 0.3 is 17.5 Å². The Hall–Kier alpha value is -2.90. The molecular formula is C24H26N4O13. The first-order chi connectivity index (χ1) is 19.2. The lowest BCUT2D eigenvalue weighted by Crippen LogP contribution is -2.87. The number of imide groups is 1. The molecule has 1 aromatic heterocycles. The van der Waals surface area contributed by atoms with Crippen LogP contribution in [0.4, 0.5) is 4.79 Å². The summed E-state index contributed by atoms with van der Waals surface area (Å²) < 4.78 is 44.7. The molecule has 1 aromatic rings. The minimum atomic E-state index is -3.41. The maximum atomic E-state index is 13.6. The number of carbonyl (C=O) groups is 2. The summed E-state index contributed by atoms with van der Waals surface area (Å²) in [6.45, 7) is 6.77. The number of aromatic amines is 1. The van der Waals surface area contributed by atoms with Crippen LogP contribution in [-0.2, 0) is 33.2 Å². The molecule has 4 N–H and O–H groups in total. The van der Waals surface area contributed by atoms with Gasteiger partial charge in [-0.15, -0.1) is 0 Å². The molecule has 6 saturated heterocycles. The number of rotatable bonds is 0. The summed E-state index contributed by atoms with van der Waals surface area (Å²) in [5.41, 5.74) is -4.36. The molecule has 6 fully saturated rings. The van der Waals surface area contributed by atoms with E-state index in [2.05, 4.69) is 4.98 Å². The van der Waals surface area contributed by atoms with Crippen LogP contribution in [0, 0.1) is 5.92 Å². The molecule has 41 heavy (non-hydrogen) atoms. The van der Waals surface area contributed by atoms with Gasteiger partial charge in [0.25, 0.3) is 17.2 Å². The number of hydrogen-bond donors (Lipinski definition) is 4. The molecular weight excluding hydrogens is 552 g/mol. The predicted octanol–water partition coefficient (Wildman–Crippen LogP) is -2.75. The third-order valence-corrected chi connectivity index (χ3v) is 9.51. The average molecular weight is 578 g/mol. The van der Waals surface area contributed by atoms with E-state index in [1.54, 1.807) is 27.7 Å². The van der Waals surface area contributed by atoms with Gasteiger partial charge in [0.05, 0.1) is 23.8 Å². The number of hydrogen-bond acceptors (Lipinski definition) is 13. The Labute approximate surface area is 229 Å². The normalized spacial score (nSPS) is 48.0. The summed E-state index contributed by atoms with van der Waals surface area (Å²) in [6.07, 6.45) is -7.75. The summed E-state index contributed by atoms with van der Waals surface area (Å²) in [6, 6.07) is -1.06. The van der Waals surface area contributed by atoms with Crippen LogP contribution in [0.15, 0.2) is 9.59 Å². The summed E-state index contributed by atoms with van der Waals surface area (Å²) in [5.74, 6) is -9.98. The minimum Gasteiger partial charge on any atom is -0.453 e. The van der Waals surface area contributed by atoms with Gasteiger partial charge in [0.2, 0.25) is 5.75 Å². The molecule has 0 radical (unpaired) electrons. The molecule has 17 nitrogen and oxygen atoms in total. The van der Waals surface area contributed by atoms with E-state index in [-0.39, 0.29) is 5.69 Å². The van der Waals surface area contributed by atoms with Crippen molar-refractivity contribution in [2.45, 2.75) is 106 Å². The Morgan fingerprint density at radius 1 is 0.780 bits per heavy atom. The van der Waals surface area contributed by atoms with Crippen molar-refractivity contribution in [3.05, 3.63) is 26.5 Å². The van der Waals surface area contributed by atoms with Crippen molar-refractivity contribution in [2.24, 2.45) is 5.92 Å². The zero-order valence-electron chi connectivity index (χ0n) is 22.1. The van der Waals surface area contributed by atoms with Gasteiger partial charge in [-0.25, -0.2) is 9.59 Å². The van der Waals surface area contributed by atoms with E-state index in [4.69, 9.17) is 33.2 Å². The average Bonchev–Trinajstić information content (AvgIpc) is 3.54. The van der Waals surface area contributed by atoms with Crippen LogP contribution in [0.5, 0.6) is 5.75 Å². The second kappa shape index (κ2) is 6.84. The van der Waals surface area contributed by atoms with Crippen LogP contribution in [0.1, 0.15) is 45.5 Å². The van der Waals surface area contributed by atoms with Crippen LogP contribution in [0.3, 0.4) is 0 Å². The number of ether oxygens (including phenoxy) is 7. The summed E-state index contributed by atoms with van der Waals surface area (Å²) in [4.78, 5) is 56.4. The third-order valence-electron chi connectivity index (χ3n) is 9.51. The number of carbonyl (C=O) groups excluding carboxylic acids is 2. The van der Waals surface area contributed by atoms with Crippen LogP contribution >= 0.6 is 0 Å². The molecule has 0 aliphatic carbocycles. The van der Waals surface area contributed by atoms with Crippen LogP contribution in [0.2, 0.25) is 0 Å². The largest absolute Gasteiger partial charge is 0.453 e. The Balaban J connectivity index is 1.35. The van der Waals surface area contributed by atoms with E-state index in [0.29, 0.717) is 0 Å². The highest BCUT2D eigenvalue weighted by molar-refractivity contribution is 6.02. The number of nitrogens with zero attached hydrogens (tertiary/aromatic N) is 2. The Bertz CT molecular complexity index is 1580. The second-order valence-corrected chi connectivity index (χ2v) is 12.6. The Morgan fingerprint density at radius 2 is 1.37 bits per heavy atom. The van der Waals surface area contributed by atoms with Crippen molar-refractivity contribution < 1.29 is 53.0 Å². The number of urea groups is 1. The lowest BCUT2D eigenvalue weighted by atomic mass is 9.66. The lowest BCUT2D eigenvalue weighted by molar-refractivity contribution is -0.380. The lowest BCUT2D eigenvalue weighted by Gasteiger charge is -2.63. The molecule has 9 heterocycles. The van der Waals surface area contributed by atoms with Gasteiger partial charge in [0, 0.05) is 5.92 Å². The first-order valence-corrected chi connectivity index (χ1v) is 13.4. The molecule has 8 aliphatic heterocycles. The molecule has 1 spiro atoms. The van der Waals surface area contributed by atoms with Gasteiger partial charge in [-0.3, -0.25) is 29.4 Å². The highest BCUT2D eigenvalue weighted by Gasteiger charge is 2.84. The van der Waals surface area contributed by atoms with Crippen molar-refractivity contribution >= 4 is 11.9 Å². The minimum absolute atomic E-state index is 0.0767. The SMILES string of the molecule is CC1(C)O[C@H]2[C@@H](O1)[C@H]1O[C@@H]2[C@H]2c3c(c(=O)[nH]c(=O)n31)O[C@@]13[C@@H]2[C@@H]2O[C@@H]([C@H]4OC(C)(C)O[C@@H]24)N1C(=O)NC(=O)C3(O)O. The highest BCUT2D eigenvalue weighted by Crippen LogP contribution is 2.65. The molecule has 0 unspecified atom stereocenters. The van der Waals surface area contributed by atoms with Crippen LogP contribution < -0.4 is 21.3 Å². The van der Waals surface area contributed by atoms with Crippen molar-refractivity contribution in [1.29, 1.82) is 0 Å². The van der Waals surface area contributed by atoms with Crippen molar-refractivity contribution in [2.75, 3.05) is 0 Å². The molecule has 0 saturated carbocycles. The fourth-order valence-corrected chi connectivity index (χ4v) is 8.39. The molecule has 17 heteroatoms. The number of aliphatic hydroxyl groups is 2. The molecule has 8 aliphatic rings. The van der Waals surface area contributed by atoms with E-state index in [0.717, 1.165) is 4.90 Å². The monoisotopic (exact) mass is 578 g/mol. The Morgan fingerprint density at radius 3 is 2.05 bits per heavy atom. The zero-order chi connectivity index (χ0) is 28.8. The maximum absolute atomic E-state index is 13.6. The summed E-state index contributed by atoms with van der Waals surface area (Å²) in [7, 11) is 0. The second-order valence-electron chi connectivity index (χ2n) is 12.6. The fourth-order valence-electron chi connectivity index (χ4n) is 8.39. The number of aromatic nitrogens is 2. The van der Waals surface area contributed by atoms with Crippen molar-refractivity contribution in [3.8, 4) is 5.75 Å². The maximum Gasteiger partial charge on any atom is 0.331 e. The number of amides is 3. The van der Waals surface area contributed by atoms with Gasteiger partial charge in [-0.05, 0) is 27.7 Å². The molecule has 9 rings (SSSR count). The smallest absolute Gasteiger partial charge is 0.331 e. The Kier molecular flexibility index (Phi) is 4.11. The molecule has 0 aromatic carbocycles. The van der Waals surface area contributed by atoms with Crippen molar-refractivity contribution in [3.63, 3.8) is 0 Å².